The standard InChI is InChI=1S/C44H36N2/c1-33-31-44(36-25-29-42(30-26-36)46(39-19-11-5-12-20-39)40-21-13-6-14-22-40)34(2)32-43(33)35-23-27-41(28-24-35)45(37-15-7-3-8-16-37)38-17-9-4-10-18-38/h3-32H,1-2H3. The Morgan fingerprint density at radius 2 is 0.522 bits per heavy atom. The van der Waals surface area contributed by atoms with Gasteiger partial charge in [0.1, 0.15) is 0 Å². The average molecular weight is 593 g/mol. The average Bonchev–Trinajstić information content (AvgIpc) is 3.12. The molecular weight excluding hydrogens is 556 g/mol. The van der Waals surface area contributed by atoms with Crippen LogP contribution >= 0.6 is 0 Å². The highest BCUT2D eigenvalue weighted by molar-refractivity contribution is 5.82. The second kappa shape index (κ2) is 13.0. The molecular formula is C44H36N2. The monoisotopic (exact) mass is 592 g/mol. The largest absolute Gasteiger partial charge is 0.311 e. The van der Waals surface area contributed by atoms with Crippen LogP contribution in [0.15, 0.2) is 182 Å². The Kier molecular flexibility index (Phi) is 8.17. The first-order valence-electron chi connectivity index (χ1n) is 15.8. The summed E-state index contributed by atoms with van der Waals surface area (Å²) in [5.74, 6) is 0. The summed E-state index contributed by atoms with van der Waals surface area (Å²) >= 11 is 0. The normalized spacial score (nSPS) is 10.8. The van der Waals surface area contributed by atoms with Crippen molar-refractivity contribution < 1.29 is 0 Å². The maximum atomic E-state index is 2.33. The molecule has 0 amide bonds. The number of hydrogen-bond acceptors (Lipinski definition) is 2. The lowest BCUT2D eigenvalue weighted by Gasteiger charge is -2.26. The summed E-state index contributed by atoms with van der Waals surface area (Å²) in [6.45, 7) is 4.43. The van der Waals surface area contributed by atoms with Gasteiger partial charge in [-0.15, -0.1) is 0 Å². The van der Waals surface area contributed by atoms with Crippen molar-refractivity contribution in [2.45, 2.75) is 13.8 Å². The van der Waals surface area contributed by atoms with Crippen LogP contribution in [0.25, 0.3) is 22.3 Å². The number of para-hydroxylation sites is 4. The lowest BCUT2D eigenvalue weighted by molar-refractivity contribution is 1.28. The fraction of sp³-hybridized carbons (Fsp3) is 0.0455. The SMILES string of the molecule is Cc1cc(-c2ccc(N(c3ccccc3)c3ccccc3)cc2)c(C)cc1-c1ccc(N(c2ccccc2)c2ccccc2)cc1. The van der Waals surface area contributed by atoms with Crippen LogP contribution in [0.1, 0.15) is 11.1 Å². The topological polar surface area (TPSA) is 6.48 Å². The van der Waals surface area contributed by atoms with E-state index in [1.807, 2.05) is 0 Å². The third kappa shape index (κ3) is 5.94. The Balaban J connectivity index is 1.18. The summed E-state index contributed by atoms with van der Waals surface area (Å²) < 4.78 is 0. The molecule has 0 aliphatic heterocycles. The van der Waals surface area contributed by atoms with Gasteiger partial charge in [-0.05, 0) is 120 Å². The maximum absolute atomic E-state index is 2.33. The van der Waals surface area contributed by atoms with Gasteiger partial charge in [0.05, 0.1) is 0 Å². The van der Waals surface area contributed by atoms with Crippen LogP contribution in [0, 0.1) is 13.8 Å². The second-order valence-electron chi connectivity index (χ2n) is 11.6. The van der Waals surface area contributed by atoms with E-state index in [0.717, 1.165) is 34.1 Å². The molecule has 0 fully saturated rings. The van der Waals surface area contributed by atoms with E-state index in [4.69, 9.17) is 0 Å². The molecule has 0 radical (unpaired) electrons. The molecule has 2 heteroatoms. The predicted molar refractivity (Wildman–Crippen MR) is 196 cm³/mol. The van der Waals surface area contributed by atoms with Crippen LogP contribution in [0.3, 0.4) is 0 Å². The first kappa shape index (κ1) is 28.9. The molecule has 7 rings (SSSR count). The summed E-state index contributed by atoms with van der Waals surface area (Å²) in [7, 11) is 0. The third-order valence-corrected chi connectivity index (χ3v) is 8.50. The van der Waals surface area contributed by atoms with Gasteiger partial charge in [0, 0.05) is 34.1 Å². The van der Waals surface area contributed by atoms with Gasteiger partial charge >= 0.3 is 0 Å². The van der Waals surface area contributed by atoms with E-state index in [2.05, 4.69) is 206 Å². The van der Waals surface area contributed by atoms with Crippen LogP contribution in [-0.4, -0.2) is 0 Å². The molecule has 0 bridgehead atoms. The molecule has 0 N–H and O–H groups in total. The smallest absolute Gasteiger partial charge is 0.0462 e. The van der Waals surface area contributed by atoms with Crippen molar-refractivity contribution in [3.05, 3.63) is 193 Å². The third-order valence-electron chi connectivity index (χ3n) is 8.50. The predicted octanol–water partition coefficient (Wildman–Crippen LogP) is 12.6. The van der Waals surface area contributed by atoms with E-state index in [1.54, 1.807) is 0 Å². The van der Waals surface area contributed by atoms with E-state index < -0.39 is 0 Å². The Labute approximate surface area is 272 Å². The lowest BCUT2D eigenvalue weighted by Crippen LogP contribution is -2.09. The number of benzene rings is 7. The summed E-state index contributed by atoms with van der Waals surface area (Å²) in [6, 6.07) is 64.7. The molecule has 0 spiro atoms. The number of anilines is 6. The van der Waals surface area contributed by atoms with Crippen molar-refractivity contribution in [3.8, 4) is 22.3 Å². The van der Waals surface area contributed by atoms with Gasteiger partial charge in [0.2, 0.25) is 0 Å². The van der Waals surface area contributed by atoms with Gasteiger partial charge in [-0.2, -0.15) is 0 Å². The minimum Gasteiger partial charge on any atom is -0.311 e. The fourth-order valence-electron chi connectivity index (χ4n) is 6.22. The van der Waals surface area contributed by atoms with Gasteiger partial charge in [-0.1, -0.05) is 109 Å². The van der Waals surface area contributed by atoms with Gasteiger partial charge in [0.25, 0.3) is 0 Å². The molecule has 7 aromatic rings. The van der Waals surface area contributed by atoms with E-state index in [0.29, 0.717) is 0 Å². The number of nitrogens with zero attached hydrogens (tertiary/aromatic N) is 2. The summed E-state index contributed by atoms with van der Waals surface area (Å²) in [4.78, 5) is 4.59. The van der Waals surface area contributed by atoms with E-state index in [1.165, 1.54) is 33.4 Å². The molecule has 0 saturated carbocycles. The molecule has 222 valence electrons. The zero-order valence-electron chi connectivity index (χ0n) is 26.2. The Hall–Kier alpha value is -5.86. The summed E-state index contributed by atoms with van der Waals surface area (Å²) in [5.41, 5.74) is 14.3. The molecule has 0 aliphatic carbocycles. The van der Waals surface area contributed by atoms with Crippen molar-refractivity contribution in [2.75, 3.05) is 9.80 Å². The minimum atomic E-state index is 1.13. The van der Waals surface area contributed by atoms with Gasteiger partial charge < -0.3 is 9.80 Å². The van der Waals surface area contributed by atoms with Crippen molar-refractivity contribution in [2.24, 2.45) is 0 Å². The molecule has 2 nitrogen and oxygen atoms in total. The molecule has 0 atom stereocenters. The van der Waals surface area contributed by atoms with E-state index in [9.17, 15) is 0 Å². The van der Waals surface area contributed by atoms with Crippen molar-refractivity contribution in [3.63, 3.8) is 0 Å². The maximum Gasteiger partial charge on any atom is 0.0462 e. The molecule has 0 aliphatic rings. The Morgan fingerprint density at radius 3 is 0.783 bits per heavy atom. The van der Waals surface area contributed by atoms with E-state index >= 15 is 0 Å². The zero-order chi connectivity index (χ0) is 31.3. The minimum absolute atomic E-state index is 1.13. The first-order valence-corrected chi connectivity index (χ1v) is 15.8. The quantitative estimate of drug-likeness (QED) is 0.173. The van der Waals surface area contributed by atoms with Gasteiger partial charge in [-0.3, -0.25) is 0 Å². The van der Waals surface area contributed by atoms with Crippen LogP contribution in [0.2, 0.25) is 0 Å². The molecule has 7 aromatic carbocycles. The highest BCUT2D eigenvalue weighted by Gasteiger charge is 2.15. The fourth-order valence-corrected chi connectivity index (χ4v) is 6.22. The molecule has 0 saturated heterocycles. The number of hydrogen-bond donors (Lipinski definition) is 0. The van der Waals surface area contributed by atoms with Crippen molar-refractivity contribution in [1.29, 1.82) is 0 Å². The van der Waals surface area contributed by atoms with Crippen LogP contribution in [0.4, 0.5) is 34.1 Å². The van der Waals surface area contributed by atoms with Crippen LogP contribution in [0.5, 0.6) is 0 Å². The molecule has 0 unspecified atom stereocenters. The Morgan fingerprint density at radius 1 is 0.283 bits per heavy atom. The summed E-state index contributed by atoms with van der Waals surface area (Å²) in [6.07, 6.45) is 0. The summed E-state index contributed by atoms with van der Waals surface area (Å²) in [5, 5.41) is 0. The molecule has 46 heavy (non-hydrogen) atoms. The highest BCUT2D eigenvalue weighted by atomic mass is 15.1. The van der Waals surface area contributed by atoms with Crippen molar-refractivity contribution in [1.82, 2.24) is 0 Å². The highest BCUT2D eigenvalue weighted by Crippen LogP contribution is 2.39. The zero-order valence-corrected chi connectivity index (χ0v) is 26.2. The lowest BCUT2D eigenvalue weighted by atomic mass is 9.91. The molecule has 0 heterocycles. The van der Waals surface area contributed by atoms with E-state index in [-0.39, 0.29) is 0 Å². The first-order chi connectivity index (χ1) is 22.7. The second-order valence-corrected chi connectivity index (χ2v) is 11.6. The number of rotatable bonds is 8. The van der Waals surface area contributed by atoms with Crippen LogP contribution in [-0.2, 0) is 0 Å². The van der Waals surface area contributed by atoms with Gasteiger partial charge in [0.15, 0.2) is 0 Å². The van der Waals surface area contributed by atoms with Crippen molar-refractivity contribution >= 4 is 34.1 Å². The molecule has 0 aromatic heterocycles. The number of aryl methyl sites for hydroxylation is 2. The van der Waals surface area contributed by atoms with Crippen LogP contribution < -0.4 is 9.80 Å². The Bertz CT molecular complexity index is 1790. The van der Waals surface area contributed by atoms with Gasteiger partial charge in [-0.25, -0.2) is 0 Å².